The zero-order valence-corrected chi connectivity index (χ0v) is 14.0. The quantitative estimate of drug-likeness (QED) is 0.708. The van der Waals surface area contributed by atoms with E-state index < -0.39 is 0 Å². The van der Waals surface area contributed by atoms with Gasteiger partial charge in [0.2, 0.25) is 0 Å². The number of nitrogens with zero attached hydrogens (tertiary/aromatic N) is 2. The zero-order valence-electron chi connectivity index (χ0n) is 13.2. The van der Waals surface area contributed by atoms with Crippen molar-refractivity contribution in [1.82, 2.24) is 9.97 Å². The van der Waals surface area contributed by atoms with Gasteiger partial charge < -0.3 is 0 Å². The second-order valence-electron chi connectivity index (χ2n) is 5.42. The summed E-state index contributed by atoms with van der Waals surface area (Å²) in [7, 11) is 0. The molecule has 0 aliphatic carbocycles. The number of pyridine rings is 2. The van der Waals surface area contributed by atoms with Crippen molar-refractivity contribution in [3.05, 3.63) is 47.8 Å². The molecule has 0 spiro atoms. The van der Waals surface area contributed by atoms with Crippen LogP contribution in [0.15, 0.2) is 36.7 Å². The fourth-order valence-electron chi connectivity index (χ4n) is 2.27. The third-order valence-corrected chi connectivity index (χ3v) is 4.32. The molecule has 0 radical (unpaired) electrons. The molecule has 0 unspecified atom stereocenters. The first-order valence-electron chi connectivity index (χ1n) is 7.66. The Morgan fingerprint density at radius 2 is 1.77 bits per heavy atom. The van der Waals surface area contributed by atoms with Crippen LogP contribution in [0.5, 0.6) is 0 Å². The summed E-state index contributed by atoms with van der Waals surface area (Å²) in [4.78, 5) is 19.7. The number of unbranched alkanes of at least 4 members (excludes halogenated alkanes) is 2. The van der Waals surface area contributed by atoms with Crippen molar-refractivity contribution < 1.29 is 4.79 Å². The predicted octanol–water partition coefficient (Wildman–Crippen LogP) is 4.44. The van der Waals surface area contributed by atoms with Gasteiger partial charge in [0.1, 0.15) is 0 Å². The predicted molar refractivity (Wildman–Crippen MR) is 92.9 cm³/mol. The summed E-state index contributed by atoms with van der Waals surface area (Å²) >= 11 is 1.42. The van der Waals surface area contributed by atoms with Crippen LogP contribution in [0, 0.1) is 6.92 Å². The van der Waals surface area contributed by atoms with Gasteiger partial charge >= 0.3 is 0 Å². The van der Waals surface area contributed by atoms with Crippen LogP contribution in [0.4, 0.5) is 0 Å². The molecule has 0 amide bonds. The first-order chi connectivity index (χ1) is 10.6. The molecule has 0 saturated carbocycles. The van der Waals surface area contributed by atoms with E-state index in [2.05, 4.69) is 35.1 Å². The second kappa shape index (κ2) is 8.69. The number of carbonyl (C=O) groups is 1. The largest absolute Gasteiger partial charge is 0.288 e. The lowest BCUT2D eigenvalue weighted by Crippen LogP contribution is -1.93. The monoisotopic (exact) mass is 314 g/mol. The van der Waals surface area contributed by atoms with Crippen LogP contribution in [0.3, 0.4) is 0 Å². The first kappa shape index (κ1) is 16.7. The van der Waals surface area contributed by atoms with E-state index in [1.807, 2.05) is 18.5 Å². The summed E-state index contributed by atoms with van der Waals surface area (Å²) in [6.07, 6.45) is 8.13. The summed E-state index contributed by atoms with van der Waals surface area (Å²) in [6.45, 7) is 3.69. The molecule has 0 saturated heterocycles. The average Bonchev–Trinajstić information content (AvgIpc) is 2.51. The summed E-state index contributed by atoms with van der Waals surface area (Å²) in [5.74, 6) is 0.935. The Balaban J connectivity index is 1.85. The number of carbonyl (C=O) groups excluding carboxylic acids is 1. The maximum atomic E-state index is 10.8. The van der Waals surface area contributed by atoms with Gasteiger partial charge in [0.05, 0.1) is 11.4 Å². The summed E-state index contributed by atoms with van der Waals surface area (Å²) < 4.78 is 0. The van der Waals surface area contributed by atoms with Crippen LogP contribution in [-0.4, -0.2) is 20.8 Å². The molecule has 4 heteroatoms. The van der Waals surface area contributed by atoms with E-state index in [9.17, 15) is 4.79 Å². The molecule has 2 heterocycles. The Kier molecular flexibility index (Phi) is 6.59. The molecular weight excluding hydrogens is 292 g/mol. The van der Waals surface area contributed by atoms with Gasteiger partial charge in [0.15, 0.2) is 5.12 Å². The average molecular weight is 314 g/mol. The van der Waals surface area contributed by atoms with Crippen LogP contribution in [0.1, 0.15) is 37.3 Å². The fourth-order valence-corrected chi connectivity index (χ4v) is 2.91. The highest BCUT2D eigenvalue weighted by atomic mass is 32.2. The van der Waals surface area contributed by atoms with Gasteiger partial charge in [-0.2, -0.15) is 0 Å². The molecule has 0 fully saturated rings. The molecule has 0 atom stereocenters. The van der Waals surface area contributed by atoms with Crippen molar-refractivity contribution in [1.29, 1.82) is 0 Å². The lowest BCUT2D eigenvalue weighted by molar-refractivity contribution is -0.109. The normalized spacial score (nSPS) is 10.6. The van der Waals surface area contributed by atoms with E-state index in [0.717, 1.165) is 42.8 Å². The SMILES string of the molecule is CC(=O)SCCCCCc1ccnc(-c2cc(C)ccn2)c1. The van der Waals surface area contributed by atoms with E-state index in [1.54, 1.807) is 6.92 Å². The maximum absolute atomic E-state index is 10.8. The van der Waals surface area contributed by atoms with Crippen LogP contribution in [0.2, 0.25) is 0 Å². The third-order valence-electron chi connectivity index (χ3n) is 3.42. The summed E-state index contributed by atoms with van der Waals surface area (Å²) in [5.41, 5.74) is 4.36. The topological polar surface area (TPSA) is 42.9 Å². The Morgan fingerprint density at radius 1 is 1.05 bits per heavy atom. The van der Waals surface area contributed by atoms with E-state index in [1.165, 1.54) is 22.9 Å². The number of aromatic nitrogens is 2. The molecular formula is C18H22N2OS. The second-order valence-corrected chi connectivity index (χ2v) is 6.69. The van der Waals surface area contributed by atoms with Gasteiger partial charge in [-0.15, -0.1) is 0 Å². The van der Waals surface area contributed by atoms with E-state index in [0.29, 0.717) is 0 Å². The smallest absolute Gasteiger partial charge is 0.185 e. The molecule has 116 valence electrons. The van der Waals surface area contributed by atoms with Crippen molar-refractivity contribution in [2.45, 2.75) is 39.5 Å². The maximum Gasteiger partial charge on any atom is 0.185 e. The van der Waals surface area contributed by atoms with Gasteiger partial charge in [0.25, 0.3) is 0 Å². The number of hydrogen-bond donors (Lipinski definition) is 0. The molecule has 22 heavy (non-hydrogen) atoms. The van der Waals surface area contributed by atoms with Crippen LogP contribution in [-0.2, 0) is 11.2 Å². The van der Waals surface area contributed by atoms with Gasteiger partial charge in [-0.1, -0.05) is 18.2 Å². The first-order valence-corrected chi connectivity index (χ1v) is 8.65. The highest BCUT2D eigenvalue weighted by Gasteiger charge is 2.03. The van der Waals surface area contributed by atoms with E-state index >= 15 is 0 Å². The molecule has 2 aromatic rings. The molecule has 0 N–H and O–H groups in total. The van der Waals surface area contributed by atoms with E-state index in [-0.39, 0.29) is 5.12 Å². The Morgan fingerprint density at radius 3 is 2.50 bits per heavy atom. The molecule has 2 aromatic heterocycles. The minimum atomic E-state index is 0.212. The van der Waals surface area contributed by atoms with Gasteiger partial charge in [-0.05, 0) is 61.6 Å². The van der Waals surface area contributed by atoms with Crippen molar-refractivity contribution in [3.8, 4) is 11.4 Å². The highest BCUT2D eigenvalue weighted by molar-refractivity contribution is 8.13. The minimum Gasteiger partial charge on any atom is -0.288 e. The zero-order chi connectivity index (χ0) is 15.8. The van der Waals surface area contributed by atoms with Gasteiger partial charge in [-0.3, -0.25) is 14.8 Å². The van der Waals surface area contributed by atoms with Crippen molar-refractivity contribution >= 4 is 16.9 Å². The molecule has 0 aliphatic rings. The standard InChI is InChI=1S/C18H22N2OS/c1-14-7-9-19-17(12-14)18-13-16(8-10-20-18)6-4-3-5-11-22-15(2)21/h7-10,12-13H,3-6,11H2,1-2H3. The highest BCUT2D eigenvalue weighted by Crippen LogP contribution is 2.18. The summed E-state index contributed by atoms with van der Waals surface area (Å²) in [6, 6.07) is 8.26. The number of rotatable bonds is 7. The van der Waals surface area contributed by atoms with Crippen LogP contribution in [0.25, 0.3) is 11.4 Å². The third kappa shape index (κ3) is 5.60. The Labute approximate surface area is 136 Å². The summed E-state index contributed by atoms with van der Waals surface area (Å²) in [5, 5.41) is 0.212. The van der Waals surface area contributed by atoms with Crippen molar-refractivity contribution in [3.63, 3.8) is 0 Å². The van der Waals surface area contributed by atoms with Crippen LogP contribution < -0.4 is 0 Å². The van der Waals surface area contributed by atoms with Crippen molar-refractivity contribution in [2.75, 3.05) is 5.75 Å². The fraction of sp³-hybridized carbons (Fsp3) is 0.389. The van der Waals surface area contributed by atoms with Gasteiger partial charge in [0, 0.05) is 25.1 Å². The number of hydrogen-bond acceptors (Lipinski definition) is 4. The molecule has 2 rings (SSSR count). The molecule has 0 aliphatic heterocycles. The Bertz CT molecular complexity index is 628. The van der Waals surface area contributed by atoms with Gasteiger partial charge in [-0.25, -0.2) is 0 Å². The minimum absolute atomic E-state index is 0.212. The number of thioether (sulfide) groups is 1. The van der Waals surface area contributed by atoms with E-state index in [4.69, 9.17) is 0 Å². The lowest BCUT2D eigenvalue weighted by atomic mass is 10.1. The molecule has 0 bridgehead atoms. The molecule has 0 aromatic carbocycles. The van der Waals surface area contributed by atoms with Crippen LogP contribution >= 0.6 is 11.8 Å². The lowest BCUT2D eigenvalue weighted by Gasteiger charge is -2.05. The molecule has 3 nitrogen and oxygen atoms in total. The Hall–Kier alpha value is -1.68. The van der Waals surface area contributed by atoms with Crippen molar-refractivity contribution in [2.24, 2.45) is 0 Å². The number of aryl methyl sites for hydroxylation is 2.